The summed E-state index contributed by atoms with van der Waals surface area (Å²) < 4.78 is 1.92. The van der Waals surface area contributed by atoms with Crippen molar-refractivity contribution in [1.82, 2.24) is 20.0 Å². The Kier molecular flexibility index (Phi) is 2.41. The van der Waals surface area contributed by atoms with Crippen LogP contribution in [0.15, 0.2) is 0 Å². The van der Waals surface area contributed by atoms with Crippen molar-refractivity contribution in [2.24, 2.45) is 0 Å². The number of aromatic nitrogens is 2. The maximum Gasteiger partial charge on any atom is 0.356 e. The molecule has 6 nitrogen and oxygen atoms in total. The van der Waals surface area contributed by atoms with Crippen LogP contribution >= 0.6 is 0 Å². The zero-order valence-electron chi connectivity index (χ0n) is 9.81. The monoisotopic (exact) mass is 236 g/mol. The predicted octanol–water partition coefficient (Wildman–Crippen LogP) is -0.286. The van der Waals surface area contributed by atoms with Crippen LogP contribution < -0.4 is 5.32 Å². The van der Waals surface area contributed by atoms with Crippen LogP contribution in [-0.2, 0) is 13.0 Å². The molecule has 0 amide bonds. The number of carboxylic acids is 1. The van der Waals surface area contributed by atoms with E-state index in [1.807, 2.05) is 4.68 Å². The zero-order chi connectivity index (χ0) is 12.0. The summed E-state index contributed by atoms with van der Waals surface area (Å²) in [7, 11) is 2.06. The average Bonchev–Trinajstić information content (AvgIpc) is 2.55. The fraction of sp³-hybridized carbons (Fsp3) is 0.636. The first-order chi connectivity index (χ1) is 8.16. The van der Waals surface area contributed by atoms with Crippen LogP contribution in [0.3, 0.4) is 0 Å². The van der Waals surface area contributed by atoms with Gasteiger partial charge in [-0.3, -0.25) is 4.68 Å². The van der Waals surface area contributed by atoms with Gasteiger partial charge in [0.15, 0.2) is 5.69 Å². The van der Waals surface area contributed by atoms with Gasteiger partial charge in [0.05, 0.1) is 11.7 Å². The standard InChI is InChI=1S/C11H16N4O2/c1-14-3-2-8-9(6-14)15(7-4-12-5-7)13-10(8)11(16)17/h7,12H,2-6H2,1H3,(H,16,17). The van der Waals surface area contributed by atoms with E-state index in [-0.39, 0.29) is 5.69 Å². The van der Waals surface area contributed by atoms with Gasteiger partial charge in [0.2, 0.25) is 0 Å². The first-order valence-corrected chi connectivity index (χ1v) is 5.89. The largest absolute Gasteiger partial charge is 0.476 e. The summed E-state index contributed by atoms with van der Waals surface area (Å²) in [4.78, 5) is 13.4. The third-order valence-corrected chi connectivity index (χ3v) is 3.59. The fourth-order valence-electron chi connectivity index (χ4n) is 2.49. The molecule has 0 radical (unpaired) electrons. The summed E-state index contributed by atoms with van der Waals surface area (Å²) in [5.41, 5.74) is 2.27. The predicted molar refractivity (Wildman–Crippen MR) is 61.1 cm³/mol. The highest BCUT2D eigenvalue weighted by Crippen LogP contribution is 2.25. The Balaban J connectivity index is 2.06. The van der Waals surface area contributed by atoms with Crippen LogP contribution in [0.1, 0.15) is 27.8 Å². The fourth-order valence-corrected chi connectivity index (χ4v) is 2.49. The van der Waals surface area contributed by atoms with Crippen molar-refractivity contribution in [2.75, 3.05) is 26.7 Å². The molecule has 0 aliphatic carbocycles. The Morgan fingerprint density at radius 3 is 2.88 bits per heavy atom. The number of nitrogens with zero attached hydrogens (tertiary/aromatic N) is 3. The van der Waals surface area contributed by atoms with E-state index in [9.17, 15) is 9.90 Å². The van der Waals surface area contributed by atoms with Crippen molar-refractivity contribution in [1.29, 1.82) is 0 Å². The maximum absolute atomic E-state index is 11.2. The minimum absolute atomic E-state index is 0.250. The Bertz CT molecular complexity index is 464. The molecule has 3 heterocycles. The molecule has 3 rings (SSSR count). The molecule has 17 heavy (non-hydrogen) atoms. The van der Waals surface area contributed by atoms with Crippen LogP contribution in [0.5, 0.6) is 0 Å². The molecule has 0 spiro atoms. The van der Waals surface area contributed by atoms with Gasteiger partial charge >= 0.3 is 5.97 Å². The van der Waals surface area contributed by atoms with Crippen molar-refractivity contribution in [3.63, 3.8) is 0 Å². The van der Waals surface area contributed by atoms with Crippen molar-refractivity contribution < 1.29 is 9.90 Å². The number of aromatic carboxylic acids is 1. The molecule has 2 aliphatic rings. The van der Waals surface area contributed by atoms with E-state index in [0.717, 1.165) is 43.9 Å². The van der Waals surface area contributed by atoms with Crippen molar-refractivity contribution >= 4 is 5.97 Å². The molecule has 1 aromatic heterocycles. The number of hydrogen-bond donors (Lipinski definition) is 2. The second-order valence-corrected chi connectivity index (χ2v) is 4.82. The Morgan fingerprint density at radius 1 is 1.53 bits per heavy atom. The smallest absolute Gasteiger partial charge is 0.356 e. The van der Waals surface area contributed by atoms with Crippen LogP contribution in [0.2, 0.25) is 0 Å². The van der Waals surface area contributed by atoms with E-state index in [0.29, 0.717) is 6.04 Å². The van der Waals surface area contributed by atoms with Gasteiger partial charge in [0, 0.05) is 31.7 Å². The third-order valence-electron chi connectivity index (χ3n) is 3.59. The van der Waals surface area contributed by atoms with Crippen molar-refractivity contribution in [2.45, 2.75) is 19.0 Å². The van der Waals surface area contributed by atoms with E-state index >= 15 is 0 Å². The molecule has 0 unspecified atom stereocenters. The average molecular weight is 236 g/mol. The van der Waals surface area contributed by atoms with E-state index in [1.165, 1.54) is 0 Å². The van der Waals surface area contributed by atoms with E-state index in [2.05, 4.69) is 22.4 Å². The summed E-state index contributed by atoms with van der Waals surface area (Å²) >= 11 is 0. The summed E-state index contributed by atoms with van der Waals surface area (Å²) in [6, 6.07) is 0.323. The number of carboxylic acid groups (broad SMARTS) is 1. The highest BCUT2D eigenvalue weighted by Gasteiger charge is 2.31. The number of carbonyl (C=O) groups is 1. The molecule has 92 valence electrons. The lowest BCUT2D eigenvalue weighted by Crippen LogP contribution is -2.45. The van der Waals surface area contributed by atoms with Crippen LogP contribution in [0.25, 0.3) is 0 Å². The van der Waals surface area contributed by atoms with Crippen molar-refractivity contribution in [3.05, 3.63) is 17.0 Å². The van der Waals surface area contributed by atoms with Gasteiger partial charge < -0.3 is 15.3 Å². The lowest BCUT2D eigenvalue weighted by atomic mass is 10.0. The molecule has 0 saturated carbocycles. The first-order valence-electron chi connectivity index (χ1n) is 5.89. The summed E-state index contributed by atoms with van der Waals surface area (Å²) in [6.07, 6.45) is 0.785. The molecular weight excluding hydrogens is 220 g/mol. The van der Waals surface area contributed by atoms with E-state index in [4.69, 9.17) is 0 Å². The zero-order valence-corrected chi connectivity index (χ0v) is 9.81. The summed E-state index contributed by atoms with van der Waals surface area (Å²) in [5, 5.41) is 16.7. The minimum atomic E-state index is -0.906. The van der Waals surface area contributed by atoms with Gasteiger partial charge in [-0.25, -0.2) is 4.79 Å². The van der Waals surface area contributed by atoms with Gasteiger partial charge in [-0.2, -0.15) is 5.10 Å². The highest BCUT2D eigenvalue weighted by molar-refractivity contribution is 5.87. The molecule has 0 bridgehead atoms. The van der Waals surface area contributed by atoms with Gasteiger partial charge in [0.25, 0.3) is 0 Å². The SMILES string of the molecule is CN1CCc2c(C(=O)O)nn(C3CNC3)c2C1. The lowest BCUT2D eigenvalue weighted by Gasteiger charge is -2.31. The molecule has 2 aliphatic heterocycles. The molecule has 6 heteroatoms. The lowest BCUT2D eigenvalue weighted by molar-refractivity contribution is 0.0687. The van der Waals surface area contributed by atoms with Crippen LogP contribution in [0.4, 0.5) is 0 Å². The molecule has 0 atom stereocenters. The Hall–Kier alpha value is -1.40. The van der Waals surface area contributed by atoms with E-state index < -0.39 is 5.97 Å². The molecule has 1 aromatic rings. The van der Waals surface area contributed by atoms with Gasteiger partial charge in [-0.1, -0.05) is 0 Å². The molecular formula is C11H16N4O2. The number of rotatable bonds is 2. The van der Waals surface area contributed by atoms with Crippen molar-refractivity contribution in [3.8, 4) is 0 Å². The normalized spacial score (nSPS) is 21.0. The highest BCUT2D eigenvalue weighted by atomic mass is 16.4. The number of likely N-dealkylation sites (N-methyl/N-ethyl adjacent to an activating group) is 1. The number of fused-ring (bicyclic) bond motifs is 1. The quantitative estimate of drug-likeness (QED) is 0.738. The third kappa shape index (κ3) is 1.64. The Labute approximate surface area is 99.2 Å². The minimum Gasteiger partial charge on any atom is -0.476 e. The number of hydrogen-bond acceptors (Lipinski definition) is 4. The molecule has 2 N–H and O–H groups in total. The summed E-state index contributed by atoms with van der Waals surface area (Å²) in [6.45, 7) is 3.47. The summed E-state index contributed by atoms with van der Waals surface area (Å²) in [5.74, 6) is -0.906. The Morgan fingerprint density at radius 2 is 2.29 bits per heavy atom. The molecule has 1 saturated heterocycles. The van der Waals surface area contributed by atoms with Crippen LogP contribution in [0, 0.1) is 0 Å². The van der Waals surface area contributed by atoms with Crippen LogP contribution in [-0.4, -0.2) is 52.4 Å². The number of nitrogens with one attached hydrogen (secondary N) is 1. The molecule has 0 aromatic carbocycles. The maximum atomic E-state index is 11.2. The second kappa shape index (κ2) is 3.82. The van der Waals surface area contributed by atoms with Gasteiger partial charge in [0.1, 0.15) is 0 Å². The first kappa shape index (κ1) is 10.7. The van der Waals surface area contributed by atoms with E-state index in [1.54, 1.807) is 0 Å². The molecule has 1 fully saturated rings. The topological polar surface area (TPSA) is 70.4 Å². The van der Waals surface area contributed by atoms with Gasteiger partial charge in [-0.05, 0) is 13.5 Å². The van der Waals surface area contributed by atoms with Gasteiger partial charge in [-0.15, -0.1) is 0 Å². The second-order valence-electron chi connectivity index (χ2n) is 4.82.